The summed E-state index contributed by atoms with van der Waals surface area (Å²) in [6, 6.07) is 9.76. The number of fused-ring (bicyclic) bond motifs is 2. The van der Waals surface area contributed by atoms with Gasteiger partial charge in [-0.25, -0.2) is 0 Å². The van der Waals surface area contributed by atoms with Crippen molar-refractivity contribution in [2.24, 2.45) is 11.8 Å². The molecule has 4 heteroatoms. The first-order valence-electron chi connectivity index (χ1n) is 10.2. The lowest BCUT2D eigenvalue weighted by atomic mass is 9.53. The first kappa shape index (κ1) is 14.4. The number of piperidine rings is 2. The molecule has 5 heterocycles. The number of rotatable bonds is 0. The van der Waals surface area contributed by atoms with E-state index in [0.717, 1.165) is 4.48 Å². The van der Waals surface area contributed by atoms with Crippen LogP contribution >= 0.6 is 0 Å². The molecule has 1 amide bonds. The minimum atomic E-state index is 0.104. The number of ether oxygens (including phenoxy) is 1. The average molecular weight is 349 g/mol. The third kappa shape index (κ3) is 1.34. The van der Waals surface area contributed by atoms with Crippen LogP contribution in [0.3, 0.4) is 0 Å². The van der Waals surface area contributed by atoms with Gasteiger partial charge in [-0.15, -0.1) is 0 Å². The van der Waals surface area contributed by atoms with Crippen LogP contribution in [0.15, 0.2) is 35.9 Å². The van der Waals surface area contributed by atoms with E-state index in [2.05, 4.69) is 42.3 Å². The summed E-state index contributed by atoms with van der Waals surface area (Å²) in [7, 11) is 2.47. The molecule has 26 heavy (non-hydrogen) atoms. The summed E-state index contributed by atoms with van der Waals surface area (Å²) in [4.78, 5) is 15.5. The van der Waals surface area contributed by atoms with Crippen molar-refractivity contribution in [3.63, 3.8) is 0 Å². The van der Waals surface area contributed by atoms with Gasteiger partial charge in [-0.05, 0) is 23.1 Å². The zero-order valence-electron chi connectivity index (χ0n) is 15.2. The molecule has 5 aliphatic heterocycles. The van der Waals surface area contributed by atoms with Crippen molar-refractivity contribution >= 4 is 11.6 Å². The first-order chi connectivity index (χ1) is 12.6. The van der Waals surface area contributed by atoms with E-state index >= 15 is 0 Å². The number of para-hydroxylation sites is 1. The van der Waals surface area contributed by atoms with Crippen LogP contribution in [-0.2, 0) is 14.9 Å². The number of likely N-dealkylation sites (N-methyl/N-ethyl adjacent to an activating group) is 1. The summed E-state index contributed by atoms with van der Waals surface area (Å²) in [5.74, 6) is 1.36. The van der Waals surface area contributed by atoms with E-state index in [1.165, 1.54) is 37.2 Å². The van der Waals surface area contributed by atoms with Gasteiger partial charge in [-0.1, -0.05) is 24.3 Å². The molecule has 1 saturated carbocycles. The van der Waals surface area contributed by atoms with Crippen LogP contribution in [0.25, 0.3) is 0 Å². The van der Waals surface area contributed by atoms with Crippen molar-refractivity contribution in [1.82, 2.24) is 0 Å². The summed E-state index contributed by atoms with van der Waals surface area (Å²) in [5.41, 5.74) is 4.43. The van der Waals surface area contributed by atoms with Crippen molar-refractivity contribution in [2.45, 2.75) is 42.9 Å². The average Bonchev–Trinajstić information content (AvgIpc) is 3.05. The molecule has 4 nitrogen and oxygen atoms in total. The van der Waals surface area contributed by atoms with Gasteiger partial charge in [0.05, 0.1) is 44.2 Å². The second kappa shape index (κ2) is 4.26. The third-order valence-corrected chi connectivity index (χ3v) is 8.91. The Bertz CT molecular complexity index is 894. The molecule has 134 valence electrons. The van der Waals surface area contributed by atoms with Gasteiger partial charge in [0.2, 0.25) is 5.91 Å². The van der Waals surface area contributed by atoms with Crippen LogP contribution in [-0.4, -0.2) is 55.3 Å². The quantitative estimate of drug-likeness (QED) is 0.531. The number of anilines is 1. The summed E-state index contributed by atoms with van der Waals surface area (Å²) in [6.45, 7) is 3.12. The SMILES string of the molecule is C[N+]12CC[C@@]34c5ccccc5N5C(=O)C[C@@H]6OCC=C(C1)C(CC32)C6C54. The fourth-order valence-corrected chi connectivity index (χ4v) is 8.14. The van der Waals surface area contributed by atoms with Crippen molar-refractivity contribution in [3.8, 4) is 0 Å². The van der Waals surface area contributed by atoms with Crippen LogP contribution in [0.2, 0.25) is 0 Å². The Morgan fingerprint density at radius 3 is 3.12 bits per heavy atom. The summed E-state index contributed by atoms with van der Waals surface area (Å²) in [6.07, 6.45) is 5.51. The highest BCUT2D eigenvalue weighted by Gasteiger charge is 2.75. The fraction of sp³-hybridized carbons (Fsp3) is 0.591. The lowest BCUT2D eigenvalue weighted by Gasteiger charge is -2.59. The molecule has 1 spiro atoms. The Balaban J connectivity index is 1.56. The van der Waals surface area contributed by atoms with Crippen molar-refractivity contribution in [3.05, 3.63) is 41.5 Å². The molecule has 1 aliphatic carbocycles. The number of carbonyl (C=O) groups is 1. The summed E-state index contributed by atoms with van der Waals surface area (Å²) in [5, 5.41) is 0. The van der Waals surface area contributed by atoms with Gasteiger partial charge in [0, 0.05) is 24.4 Å². The molecule has 1 aromatic rings. The van der Waals surface area contributed by atoms with Gasteiger partial charge in [-0.2, -0.15) is 0 Å². The van der Waals surface area contributed by atoms with E-state index in [4.69, 9.17) is 4.74 Å². The number of hydrogen-bond donors (Lipinski definition) is 0. The predicted octanol–water partition coefficient (Wildman–Crippen LogP) is 2.24. The minimum Gasteiger partial charge on any atom is -0.373 e. The van der Waals surface area contributed by atoms with Crippen molar-refractivity contribution in [2.75, 3.05) is 31.6 Å². The second-order valence-corrected chi connectivity index (χ2v) is 9.67. The van der Waals surface area contributed by atoms with Crippen LogP contribution < -0.4 is 4.90 Å². The third-order valence-electron chi connectivity index (χ3n) is 8.91. The molecule has 4 fully saturated rings. The van der Waals surface area contributed by atoms with Gasteiger partial charge in [-0.3, -0.25) is 4.79 Å². The molecule has 3 saturated heterocycles. The molecular formula is C22H25N2O2+. The molecule has 5 unspecified atom stereocenters. The predicted molar refractivity (Wildman–Crippen MR) is 97.8 cm³/mol. The highest BCUT2D eigenvalue weighted by Crippen LogP contribution is 2.67. The molecular weight excluding hydrogens is 324 g/mol. The van der Waals surface area contributed by atoms with E-state index in [1.807, 2.05) is 0 Å². The summed E-state index contributed by atoms with van der Waals surface area (Å²) >= 11 is 0. The monoisotopic (exact) mass is 349 g/mol. The van der Waals surface area contributed by atoms with Gasteiger partial charge >= 0.3 is 0 Å². The largest absolute Gasteiger partial charge is 0.373 e. The molecule has 7 rings (SSSR count). The van der Waals surface area contributed by atoms with E-state index < -0.39 is 0 Å². The first-order valence-corrected chi connectivity index (χ1v) is 10.2. The smallest absolute Gasteiger partial charge is 0.229 e. The van der Waals surface area contributed by atoms with E-state index in [-0.39, 0.29) is 17.4 Å². The lowest BCUT2D eigenvalue weighted by Crippen LogP contribution is -2.72. The Morgan fingerprint density at radius 2 is 2.19 bits per heavy atom. The zero-order chi connectivity index (χ0) is 17.3. The van der Waals surface area contributed by atoms with E-state index in [9.17, 15) is 4.79 Å². The Hall–Kier alpha value is -1.65. The van der Waals surface area contributed by atoms with Gasteiger partial charge in [0.25, 0.3) is 0 Å². The van der Waals surface area contributed by atoms with Crippen molar-refractivity contribution in [1.29, 1.82) is 0 Å². The minimum absolute atomic E-state index is 0.104. The molecule has 7 atom stereocenters. The van der Waals surface area contributed by atoms with Gasteiger partial charge in [0.1, 0.15) is 12.6 Å². The maximum absolute atomic E-state index is 13.3. The van der Waals surface area contributed by atoms with Crippen LogP contribution in [0.4, 0.5) is 5.69 Å². The zero-order valence-corrected chi connectivity index (χ0v) is 15.2. The van der Waals surface area contributed by atoms with E-state index in [0.29, 0.717) is 36.9 Å². The number of amides is 1. The molecule has 0 N–H and O–H groups in total. The normalized spacial score (nSPS) is 49.6. The number of benzene rings is 1. The number of hydrogen-bond acceptors (Lipinski definition) is 2. The molecule has 0 aromatic heterocycles. The molecule has 6 aliphatic rings. The van der Waals surface area contributed by atoms with Gasteiger partial charge in [0.15, 0.2) is 0 Å². The standard InChI is InChI=1S/C22H25N2O2/c1-24-8-7-22-15-4-2-3-5-16(15)23-19(25)11-17-20(21(22)23)14(10-18(22)24)13(12-24)6-9-26-17/h2-6,14,17-18,20-21H,7-12H2,1H3/q+1/t14?,17-,18?,20?,21?,22+,24?/m0/s1. The number of carbonyl (C=O) groups excluding carboxylic acids is 1. The molecule has 1 aromatic carbocycles. The second-order valence-electron chi connectivity index (χ2n) is 9.67. The Labute approximate surface area is 154 Å². The highest BCUT2D eigenvalue weighted by molar-refractivity contribution is 5.99. The van der Waals surface area contributed by atoms with Crippen LogP contribution in [0.1, 0.15) is 24.8 Å². The van der Waals surface area contributed by atoms with E-state index in [1.54, 1.807) is 5.57 Å². The van der Waals surface area contributed by atoms with Gasteiger partial charge < -0.3 is 14.1 Å². The topological polar surface area (TPSA) is 29.5 Å². The van der Waals surface area contributed by atoms with Crippen LogP contribution in [0.5, 0.6) is 0 Å². The summed E-state index contributed by atoms with van der Waals surface area (Å²) < 4.78 is 7.45. The Kier molecular flexibility index (Phi) is 2.36. The van der Waals surface area contributed by atoms with Crippen LogP contribution in [0, 0.1) is 11.8 Å². The fourth-order valence-electron chi connectivity index (χ4n) is 8.14. The molecule has 0 radical (unpaired) electrons. The Morgan fingerprint density at radius 1 is 1.31 bits per heavy atom. The highest BCUT2D eigenvalue weighted by atomic mass is 16.5. The molecule has 2 bridgehead atoms. The maximum atomic E-state index is 13.3. The number of quaternary nitrogens is 1. The maximum Gasteiger partial charge on any atom is 0.229 e. The number of nitrogens with zero attached hydrogens (tertiary/aromatic N) is 2. The lowest BCUT2D eigenvalue weighted by molar-refractivity contribution is -0.925. The van der Waals surface area contributed by atoms with Crippen molar-refractivity contribution < 1.29 is 14.0 Å².